The van der Waals surface area contributed by atoms with Crippen molar-refractivity contribution in [2.75, 3.05) is 44.6 Å². The lowest BCUT2D eigenvalue weighted by Gasteiger charge is -2.17. The lowest BCUT2D eigenvalue weighted by Crippen LogP contribution is -2.21. The first-order chi connectivity index (χ1) is 16.6. The lowest BCUT2D eigenvalue weighted by molar-refractivity contribution is 0.305. The van der Waals surface area contributed by atoms with Crippen molar-refractivity contribution < 1.29 is 9.47 Å². The molecule has 0 spiro atoms. The van der Waals surface area contributed by atoms with Gasteiger partial charge in [-0.3, -0.25) is 4.99 Å². The zero-order valence-corrected chi connectivity index (χ0v) is 20.3. The number of hydrogen-bond donors (Lipinski definition) is 1. The summed E-state index contributed by atoms with van der Waals surface area (Å²) in [6, 6.07) is 16.2. The largest absolute Gasteiger partial charge is 0.497 e. The second-order valence-electron chi connectivity index (χ2n) is 8.57. The number of ether oxygens (including phenoxy) is 2. The van der Waals surface area contributed by atoms with Crippen LogP contribution in [-0.4, -0.2) is 50.2 Å². The molecule has 0 aliphatic carbocycles. The summed E-state index contributed by atoms with van der Waals surface area (Å²) in [7, 11) is 5.59. The normalized spacial score (nSPS) is 14.5. The highest BCUT2D eigenvalue weighted by Crippen LogP contribution is 2.21. The van der Waals surface area contributed by atoms with Crippen LogP contribution in [-0.2, 0) is 12.8 Å². The fourth-order valence-corrected chi connectivity index (χ4v) is 3.87. The zero-order valence-electron chi connectivity index (χ0n) is 20.3. The minimum atomic E-state index is 0.689. The number of fused-ring (bicyclic) bond motifs is 3. The van der Waals surface area contributed by atoms with E-state index < -0.39 is 0 Å². The van der Waals surface area contributed by atoms with Crippen LogP contribution < -0.4 is 19.7 Å². The summed E-state index contributed by atoms with van der Waals surface area (Å²) in [5.41, 5.74) is 4.03. The Morgan fingerprint density at radius 3 is 2.74 bits per heavy atom. The Balaban J connectivity index is 1.72. The monoisotopic (exact) mass is 459 g/mol. The van der Waals surface area contributed by atoms with Gasteiger partial charge in [0.1, 0.15) is 17.3 Å². The molecule has 0 radical (unpaired) electrons. The number of methoxy groups -OCH3 is 1. The number of amidine groups is 1. The van der Waals surface area contributed by atoms with Gasteiger partial charge >= 0.3 is 0 Å². The standard InChI is InChI=1S/C27H33N5O2/c1-32(2)27-29-19-24-25(31-27)14-13-20-9-7-12-23(17-20)34-16-6-4-5-15-28-26(24)30-21-10-8-11-22(18-21)33-3/h7-12,17-19H,4-6,13-16H2,1-3H3,(H,28,30). The molecule has 0 fully saturated rings. The molecule has 2 bridgehead atoms. The molecule has 7 nitrogen and oxygen atoms in total. The first-order valence-corrected chi connectivity index (χ1v) is 11.8. The van der Waals surface area contributed by atoms with Crippen LogP contribution in [0.1, 0.15) is 36.1 Å². The van der Waals surface area contributed by atoms with E-state index in [9.17, 15) is 0 Å². The molecule has 4 rings (SSSR count). The van der Waals surface area contributed by atoms with Crippen LogP contribution in [0.25, 0.3) is 0 Å². The molecule has 1 N–H and O–H groups in total. The minimum Gasteiger partial charge on any atom is -0.497 e. The summed E-state index contributed by atoms with van der Waals surface area (Å²) in [4.78, 5) is 16.4. The molecule has 0 unspecified atom stereocenters. The average molecular weight is 460 g/mol. The summed E-state index contributed by atoms with van der Waals surface area (Å²) >= 11 is 0. The van der Waals surface area contributed by atoms with Gasteiger partial charge in [0.25, 0.3) is 0 Å². The maximum atomic E-state index is 5.97. The van der Waals surface area contributed by atoms with Crippen LogP contribution in [0.3, 0.4) is 0 Å². The summed E-state index contributed by atoms with van der Waals surface area (Å²) in [6.07, 6.45) is 6.55. The van der Waals surface area contributed by atoms with E-state index in [4.69, 9.17) is 19.5 Å². The summed E-state index contributed by atoms with van der Waals surface area (Å²) in [6.45, 7) is 1.44. The van der Waals surface area contributed by atoms with E-state index in [0.29, 0.717) is 5.95 Å². The van der Waals surface area contributed by atoms with Crippen molar-refractivity contribution in [1.82, 2.24) is 9.97 Å². The predicted octanol–water partition coefficient (Wildman–Crippen LogP) is 4.76. The number of benzene rings is 2. The zero-order chi connectivity index (χ0) is 23.8. The second kappa shape index (κ2) is 11.5. The molecule has 178 valence electrons. The van der Waals surface area contributed by atoms with E-state index in [1.165, 1.54) is 5.56 Å². The number of rotatable bonds is 3. The number of nitrogens with one attached hydrogen (secondary N) is 1. The molecule has 0 atom stereocenters. The van der Waals surface area contributed by atoms with Gasteiger partial charge in [0.05, 0.1) is 25.0 Å². The Morgan fingerprint density at radius 2 is 1.88 bits per heavy atom. The summed E-state index contributed by atoms with van der Waals surface area (Å²) in [5.74, 6) is 3.20. The van der Waals surface area contributed by atoms with E-state index in [0.717, 1.165) is 79.5 Å². The Hall–Kier alpha value is -3.61. The molecular weight excluding hydrogens is 426 g/mol. The number of nitrogens with zero attached hydrogens (tertiary/aromatic N) is 4. The number of aliphatic imine (C=N–C) groups is 1. The summed E-state index contributed by atoms with van der Waals surface area (Å²) < 4.78 is 11.4. The van der Waals surface area contributed by atoms with Gasteiger partial charge in [-0.05, 0) is 61.9 Å². The van der Waals surface area contributed by atoms with Crippen LogP contribution in [0.2, 0.25) is 0 Å². The molecule has 0 saturated heterocycles. The van der Waals surface area contributed by atoms with Gasteiger partial charge in [-0.15, -0.1) is 0 Å². The average Bonchev–Trinajstić information content (AvgIpc) is 2.86. The smallest absolute Gasteiger partial charge is 0.225 e. The Bertz CT molecular complexity index is 1130. The highest BCUT2D eigenvalue weighted by atomic mass is 16.5. The lowest BCUT2D eigenvalue weighted by atomic mass is 10.0. The van der Waals surface area contributed by atoms with Crippen molar-refractivity contribution in [2.24, 2.45) is 4.99 Å². The predicted molar refractivity (Wildman–Crippen MR) is 138 cm³/mol. The topological polar surface area (TPSA) is 71.9 Å². The van der Waals surface area contributed by atoms with Gasteiger partial charge in [-0.25, -0.2) is 9.97 Å². The Morgan fingerprint density at radius 1 is 1.00 bits per heavy atom. The van der Waals surface area contributed by atoms with E-state index >= 15 is 0 Å². The van der Waals surface area contributed by atoms with Crippen molar-refractivity contribution in [2.45, 2.75) is 32.1 Å². The maximum Gasteiger partial charge on any atom is 0.225 e. The molecule has 1 aliphatic rings. The van der Waals surface area contributed by atoms with Crippen molar-refractivity contribution >= 4 is 17.5 Å². The summed E-state index contributed by atoms with van der Waals surface area (Å²) in [5, 5.41) is 3.51. The van der Waals surface area contributed by atoms with Gasteiger partial charge < -0.3 is 19.7 Å². The van der Waals surface area contributed by atoms with E-state index in [2.05, 4.69) is 28.5 Å². The van der Waals surface area contributed by atoms with E-state index in [1.807, 2.05) is 55.5 Å². The minimum absolute atomic E-state index is 0.689. The fraction of sp³-hybridized carbons (Fsp3) is 0.370. The van der Waals surface area contributed by atoms with Crippen LogP contribution >= 0.6 is 0 Å². The molecule has 0 saturated carbocycles. The Labute approximate surface area is 201 Å². The van der Waals surface area contributed by atoms with E-state index in [-0.39, 0.29) is 0 Å². The highest BCUT2D eigenvalue weighted by Gasteiger charge is 2.15. The maximum absolute atomic E-state index is 5.97. The highest BCUT2D eigenvalue weighted by molar-refractivity contribution is 6.09. The first-order valence-electron chi connectivity index (χ1n) is 11.8. The van der Waals surface area contributed by atoms with Gasteiger partial charge in [-0.2, -0.15) is 0 Å². The third-order valence-corrected chi connectivity index (χ3v) is 5.73. The van der Waals surface area contributed by atoms with Crippen molar-refractivity contribution in [3.05, 3.63) is 71.5 Å². The SMILES string of the molecule is COc1cccc(NC2=NCCCCCOc3cccc(c3)CCc3nc(N(C)C)ncc32)c1. The molecule has 2 heterocycles. The third-order valence-electron chi connectivity index (χ3n) is 5.73. The van der Waals surface area contributed by atoms with Crippen LogP contribution in [0.4, 0.5) is 11.6 Å². The number of aromatic nitrogens is 2. The molecule has 0 amide bonds. The quantitative estimate of drug-likeness (QED) is 0.609. The van der Waals surface area contributed by atoms with Crippen molar-refractivity contribution in [3.8, 4) is 11.5 Å². The fourth-order valence-electron chi connectivity index (χ4n) is 3.87. The number of aryl methyl sites for hydroxylation is 2. The molecule has 1 aromatic heterocycles. The third kappa shape index (κ3) is 6.25. The van der Waals surface area contributed by atoms with Gasteiger partial charge in [-0.1, -0.05) is 18.2 Å². The second-order valence-corrected chi connectivity index (χ2v) is 8.57. The molecule has 7 heteroatoms. The number of anilines is 2. The molecular formula is C27H33N5O2. The first kappa shape index (κ1) is 23.5. The van der Waals surface area contributed by atoms with Crippen molar-refractivity contribution in [1.29, 1.82) is 0 Å². The van der Waals surface area contributed by atoms with Crippen LogP contribution in [0, 0.1) is 0 Å². The Kier molecular flexibility index (Phi) is 7.96. The van der Waals surface area contributed by atoms with E-state index in [1.54, 1.807) is 7.11 Å². The molecule has 2 aromatic carbocycles. The molecule has 34 heavy (non-hydrogen) atoms. The van der Waals surface area contributed by atoms with Gasteiger partial charge in [0.15, 0.2) is 0 Å². The molecule has 1 aliphatic heterocycles. The van der Waals surface area contributed by atoms with Crippen molar-refractivity contribution in [3.63, 3.8) is 0 Å². The van der Waals surface area contributed by atoms with Crippen LogP contribution in [0.5, 0.6) is 11.5 Å². The van der Waals surface area contributed by atoms with Gasteiger partial charge in [0, 0.05) is 38.6 Å². The van der Waals surface area contributed by atoms with Crippen LogP contribution in [0.15, 0.2) is 59.7 Å². The molecule has 3 aromatic rings. The van der Waals surface area contributed by atoms with Gasteiger partial charge in [0.2, 0.25) is 5.95 Å². The number of hydrogen-bond acceptors (Lipinski definition) is 7.